The first-order chi connectivity index (χ1) is 38.5. The summed E-state index contributed by atoms with van der Waals surface area (Å²) in [6.45, 7) is 10.8. The number of anilines is 2. The summed E-state index contributed by atoms with van der Waals surface area (Å²) in [7, 11) is 0. The van der Waals surface area contributed by atoms with Gasteiger partial charge >= 0.3 is 6.18 Å². The quantitative estimate of drug-likeness (QED) is 0.0785. The third-order valence-corrected chi connectivity index (χ3v) is 15.6. The molecule has 7 aromatic rings. The second-order valence-electron chi connectivity index (χ2n) is 21.5. The molecule has 0 aliphatic carbocycles. The molecule has 2 fully saturated rings. The number of β-amino-alcohol motifs (C(OH)–C–C–N with tert-alkyl or cyclic N) is 1. The minimum absolute atomic E-state index is 0.00566. The number of hydrogen-bond acceptors (Lipinski definition) is 11. The highest BCUT2D eigenvalue weighted by atomic mass is 32.1. The van der Waals surface area contributed by atoms with Crippen molar-refractivity contribution in [2.75, 3.05) is 23.0 Å². The zero-order valence-electron chi connectivity index (χ0n) is 45.2. The third-order valence-electron chi connectivity index (χ3n) is 14.3. The first-order valence-electron chi connectivity index (χ1n) is 26.0. The van der Waals surface area contributed by atoms with Gasteiger partial charge in [-0.15, -0.1) is 11.3 Å². The molecule has 3 atom stereocenters. The van der Waals surface area contributed by atoms with Crippen molar-refractivity contribution in [3.63, 3.8) is 0 Å². The fourth-order valence-corrected chi connectivity index (χ4v) is 11.2. The van der Waals surface area contributed by atoms with Gasteiger partial charge in [-0.25, -0.2) is 4.98 Å². The number of carbonyl (C=O) groups excluding carboxylic acids is 4. The van der Waals surface area contributed by atoms with Gasteiger partial charge < -0.3 is 35.0 Å². The number of thiazole rings is 1. The fourth-order valence-electron chi connectivity index (χ4n) is 9.84. The van der Waals surface area contributed by atoms with Gasteiger partial charge in [0.05, 0.1) is 45.1 Å². The van der Waals surface area contributed by atoms with Gasteiger partial charge in [0.2, 0.25) is 11.8 Å². The average Bonchev–Trinajstić information content (AvgIpc) is 4.29. The highest BCUT2D eigenvalue weighted by molar-refractivity contribution is 7.81. The number of thiocarbonyl (C=S) groups is 1. The molecule has 1 aromatic heterocycles. The summed E-state index contributed by atoms with van der Waals surface area (Å²) in [4.78, 5) is 64.1. The molecule has 1 unspecified atom stereocenters. The molecule has 6 aromatic carbocycles. The van der Waals surface area contributed by atoms with Crippen LogP contribution >= 0.6 is 23.6 Å². The number of nitrogens with zero attached hydrogens (tertiary/aromatic N) is 5. The molecule has 2 saturated heterocycles. The van der Waals surface area contributed by atoms with Crippen molar-refractivity contribution < 1.29 is 46.9 Å². The number of likely N-dealkylation sites (tertiary alicyclic amines) is 1. The maximum absolute atomic E-state index is 14.1. The minimum Gasteiger partial charge on any atom is -0.489 e. The Kier molecular flexibility index (Phi) is 16.5. The molecule has 0 radical (unpaired) electrons. The van der Waals surface area contributed by atoms with E-state index in [9.17, 15) is 42.7 Å². The van der Waals surface area contributed by atoms with Crippen LogP contribution in [0.1, 0.15) is 69.0 Å². The van der Waals surface area contributed by atoms with E-state index in [4.69, 9.17) is 21.7 Å². The van der Waals surface area contributed by atoms with Crippen LogP contribution in [-0.4, -0.2) is 80.6 Å². The summed E-state index contributed by atoms with van der Waals surface area (Å²) in [5.41, 5.74) is 6.23. The molecule has 14 nitrogen and oxygen atoms in total. The highest BCUT2D eigenvalue weighted by Crippen LogP contribution is 2.40. The number of aromatic nitrogens is 1. The highest BCUT2D eigenvalue weighted by Gasteiger charge is 2.51. The number of carbonyl (C=O) groups is 4. The summed E-state index contributed by atoms with van der Waals surface area (Å²) in [6.07, 6.45) is -5.63. The van der Waals surface area contributed by atoms with Crippen molar-refractivity contribution in [3.05, 3.63) is 173 Å². The molecule has 3 heterocycles. The fraction of sp³-hybridized carbons (Fsp3) is 0.274. The standard InChI is InChI=1S/C62H58F3N7O7S2/c1-37-54(81-36-68-37)44-13-7-38(8-14-44)32-67-56(75)52-30-48(73)33-70(52)57(76)55(60(2,3)4)69-53(74)35-79-49-25-20-43(21-26-49)42-17-15-41(16-18-42)40-11-9-39(10-12-40)34-78-50-27-23-46(24-28-50)72-59(80)71(58(77)61(72,5)6)47-22-19-45(31-66)51(29-47)62(63,64)65/h7-29,36,48,52,55,73H,30,32-35H2,1-6H3,(H,67,75)(H,69,74)/t48?,52-,55+/m0/s1. The Morgan fingerprint density at radius 3 is 1.93 bits per heavy atom. The number of alkyl halides is 3. The van der Waals surface area contributed by atoms with Crippen LogP contribution in [-0.2, 0) is 38.5 Å². The van der Waals surface area contributed by atoms with E-state index in [0.29, 0.717) is 17.2 Å². The van der Waals surface area contributed by atoms with Crippen LogP contribution in [0.3, 0.4) is 0 Å². The number of aryl methyl sites for hydroxylation is 1. The van der Waals surface area contributed by atoms with Crippen molar-refractivity contribution in [1.82, 2.24) is 20.5 Å². The van der Waals surface area contributed by atoms with Crippen LogP contribution in [0, 0.1) is 23.7 Å². The molecule has 2 aliphatic heterocycles. The van der Waals surface area contributed by atoms with Crippen LogP contribution in [0.25, 0.3) is 32.7 Å². The Hall–Kier alpha value is -8.44. The molecule has 9 rings (SSSR count). The Balaban J connectivity index is 0.745. The lowest BCUT2D eigenvalue weighted by atomic mass is 9.85. The topological polar surface area (TPSA) is 177 Å². The number of benzene rings is 6. The summed E-state index contributed by atoms with van der Waals surface area (Å²) in [6, 6.07) is 40.8. The number of rotatable bonds is 16. The van der Waals surface area contributed by atoms with E-state index in [1.54, 1.807) is 78.1 Å². The van der Waals surface area contributed by atoms with E-state index in [1.807, 2.05) is 113 Å². The molecule has 81 heavy (non-hydrogen) atoms. The zero-order valence-corrected chi connectivity index (χ0v) is 46.8. The second kappa shape index (κ2) is 23.3. The summed E-state index contributed by atoms with van der Waals surface area (Å²) in [5, 5.41) is 25.7. The van der Waals surface area contributed by atoms with Gasteiger partial charge in [-0.1, -0.05) is 106 Å². The number of nitriles is 1. The van der Waals surface area contributed by atoms with E-state index < -0.39 is 64.2 Å². The Bertz CT molecular complexity index is 3520. The predicted molar refractivity (Wildman–Crippen MR) is 308 cm³/mol. The first-order valence-corrected chi connectivity index (χ1v) is 27.3. The number of aliphatic hydroxyl groups excluding tert-OH is 1. The summed E-state index contributed by atoms with van der Waals surface area (Å²) in [5.74, 6) is -0.894. The van der Waals surface area contributed by atoms with Crippen molar-refractivity contribution in [2.24, 2.45) is 5.41 Å². The molecule has 2 aliphatic rings. The normalized spacial score (nSPS) is 16.5. The van der Waals surface area contributed by atoms with Crippen LogP contribution in [0.2, 0.25) is 0 Å². The van der Waals surface area contributed by atoms with E-state index in [-0.39, 0.29) is 49.4 Å². The van der Waals surface area contributed by atoms with Crippen LogP contribution in [0.4, 0.5) is 24.5 Å². The van der Waals surface area contributed by atoms with Crippen molar-refractivity contribution in [2.45, 2.75) is 91.0 Å². The van der Waals surface area contributed by atoms with Gasteiger partial charge in [0, 0.05) is 25.2 Å². The molecule has 0 bridgehead atoms. The molecule has 0 saturated carbocycles. The summed E-state index contributed by atoms with van der Waals surface area (Å²) < 4.78 is 53.3. The first kappa shape index (κ1) is 57.3. The second-order valence-corrected chi connectivity index (χ2v) is 22.7. The van der Waals surface area contributed by atoms with Crippen molar-refractivity contribution >= 4 is 63.7 Å². The van der Waals surface area contributed by atoms with E-state index in [0.717, 1.165) is 66.5 Å². The van der Waals surface area contributed by atoms with E-state index in [1.165, 1.54) is 11.0 Å². The average molecular weight is 1130 g/mol. The number of ether oxygens (including phenoxy) is 2. The van der Waals surface area contributed by atoms with Gasteiger partial charge in [-0.2, -0.15) is 18.4 Å². The lowest BCUT2D eigenvalue weighted by molar-refractivity contribution is -0.144. The zero-order chi connectivity index (χ0) is 58.0. The Labute approximate surface area is 476 Å². The summed E-state index contributed by atoms with van der Waals surface area (Å²) >= 11 is 7.23. The van der Waals surface area contributed by atoms with Crippen LogP contribution in [0.5, 0.6) is 11.5 Å². The molecule has 3 N–H and O–H groups in total. The van der Waals surface area contributed by atoms with Gasteiger partial charge in [0.15, 0.2) is 11.7 Å². The van der Waals surface area contributed by atoms with Gasteiger partial charge in [0.25, 0.3) is 11.8 Å². The lowest BCUT2D eigenvalue weighted by Crippen LogP contribution is -2.58. The number of aliphatic hydroxyl groups is 1. The lowest BCUT2D eigenvalue weighted by Gasteiger charge is -2.35. The molecule has 4 amide bonds. The van der Waals surface area contributed by atoms with E-state index in [2.05, 4.69) is 15.6 Å². The number of halogens is 3. The third kappa shape index (κ3) is 12.6. The van der Waals surface area contributed by atoms with Gasteiger partial charge in [-0.3, -0.25) is 24.1 Å². The molecule has 416 valence electrons. The minimum atomic E-state index is -4.81. The van der Waals surface area contributed by atoms with Crippen molar-refractivity contribution in [3.8, 4) is 50.3 Å². The molecule has 19 heteroatoms. The number of amides is 4. The molecule has 0 spiro atoms. The van der Waals surface area contributed by atoms with Crippen LogP contribution in [0.15, 0.2) is 145 Å². The van der Waals surface area contributed by atoms with Gasteiger partial charge in [-0.05, 0) is 132 Å². The van der Waals surface area contributed by atoms with Gasteiger partial charge in [0.1, 0.15) is 35.7 Å². The largest absolute Gasteiger partial charge is 0.489 e. The smallest absolute Gasteiger partial charge is 0.417 e. The Morgan fingerprint density at radius 1 is 0.815 bits per heavy atom. The Morgan fingerprint density at radius 2 is 1.36 bits per heavy atom. The SMILES string of the molecule is Cc1ncsc1-c1ccc(CNC(=O)[C@@H]2CC(O)CN2C(=O)[C@@H](NC(=O)COc2ccc(-c3ccc(-c4ccc(COc5ccc(N6C(=S)N(c7ccc(C#N)c(C(F)(F)F)c7)C(=O)C6(C)C)cc5)cc4)cc3)cc2)C(C)(C)C)cc1. The number of nitrogens with one attached hydrogen (secondary N) is 2. The monoisotopic (exact) mass is 1130 g/mol. The number of hydrogen-bond donors (Lipinski definition) is 3. The molecular formula is C62H58F3N7O7S2. The maximum Gasteiger partial charge on any atom is 0.417 e. The van der Waals surface area contributed by atoms with Crippen molar-refractivity contribution in [1.29, 1.82) is 5.26 Å². The maximum atomic E-state index is 14.1. The van der Waals surface area contributed by atoms with E-state index >= 15 is 0 Å². The van der Waals surface area contributed by atoms with Crippen LogP contribution < -0.4 is 29.9 Å². The molecular weight excluding hydrogens is 1080 g/mol. The predicted octanol–water partition coefficient (Wildman–Crippen LogP) is 11.0.